The minimum absolute atomic E-state index is 0.158. The smallest absolute Gasteiger partial charge is 0.108 e. The maximum atomic E-state index is 10.0. The molecule has 0 fully saturated rings. The van der Waals surface area contributed by atoms with E-state index in [1.165, 1.54) is 25.7 Å². The van der Waals surface area contributed by atoms with Gasteiger partial charge in [0.1, 0.15) is 12.6 Å². The van der Waals surface area contributed by atoms with Crippen molar-refractivity contribution >= 4 is 5.97 Å². The second-order valence-corrected chi connectivity index (χ2v) is 7.67. The molecule has 26 heavy (non-hydrogen) atoms. The van der Waals surface area contributed by atoms with Crippen LogP contribution in [-0.4, -0.2) is 60.6 Å². The largest absolute Gasteiger partial charge is 0.550 e. The summed E-state index contributed by atoms with van der Waals surface area (Å²) in [7, 11) is 5.66. The van der Waals surface area contributed by atoms with Crippen molar-refractivity contribution in [3.63, 3.8) is 0 Å². The molecule has 0 aliphatic heterocycles. The van der Waals surface area contributed by atoms with Crippen LogP contribution >= 0.6 is 0 Å². The molecule has 2 unspecified atom stereocenters. The van der Waals surface area contributed by atoms with E-state index in [0.717, 1.165) is 19.3 Å². The van der Waals surface area contributed by atoms with Gasteiger partial charge in [0.2, 0.25) is 0 Å². The van der Waals surface area contributed by atoms with Gasteiger partial charge in [0.15, 0.2) is 0 Å². The number of allylic oxidation sites excluding steroid dienone is 3. The summed E-state index contributed by atoms with van der Waals surface area (Å²) in [4.78, 5) is 10.0. The zero-order valence-corrected chi connectivity index (χ0v) is 17.5. The molecule has 2 N–H and O–H groups in total. The number of aliphatic hydroxyl groups is 2. The van der Waals surface area contributed by atoms with Gasteiger partial charge in [0.05, 0.1) is 27.2 Å². The number of unbranched alkanes of at least 4 members (excludes halogenated alkanes) is 3. The fraction of sp³-hybridized carbons (Fsp3) is 0.762. The summed E-state index contributed by atoms with van der Waals surface area (Å²) in [6.07, 6.45) is 15.2. The molecule has 0 aliphatic carbocycles. The average molecular weight is 372 g/mol. The quantitative estimate of drug-likeness (QED) is 0.296. The molecule has 2 atom stereocenters. The Labute approximate surface area is 160 Å². The van der Waals surface area contributed by atoms with E-state index in [4.69, 9.17) is 5.11 Å². The van der Waals surface area contributed by atoms with Gasteiger partial charge >= 0.3 is 0 Å². The van der Waals surface area contributed by atoms with Crippen LogP contribution in [0.2, 0.25) is 0 Å². The van der Waals surface area contributed by atoms with Crippen molar-refractivity contribution in [2.45, 2.75) is 77.4 Å². The van der Waals surface area contributed by atoms with E-state index in [2.05, 4.69) is 31.2 Å². The van der Waals surface area contributed by atoms with Crippen molar-refractivity contribution < 1.29 is 24.6 Å². The van der Waals surface area contributed by atoms with Crippen molar-refractivity contribution in [1.29, 1.82) is 0 Å². The molecule has 0 saturated carbocycles. The Morgan fingerprint density at radius 1 is 1.00 bits per heavy atom. The fourth-order valence-corrected chi connectivity index (χ4v) is 2.21. The van der Waals surface area contributed by atoms with E-state index in [9.17, 15) is 15.0 Å². The summed E-state index contributed by atoms with van der Waals surface area (Å²) >= 11 is 0. The molecule has 0 heterocycles. The molecule has 0 bridgehead atoms. The normalized spacial score (nSPS) is 14.3. The molecule has 0 saturated heterocycles. The molecule has 0 rings (SSSR count). The van der Waals surface area contributed by atoms with Crippen LogP contribution in [0.4, 0.5) is 0 Å². The summed E-state index contributed by atoms with van der Waals surface area (Å²) < 4.78 is 0.550. The first kappa shape index (κ1) is 27.1. The lowest BCUT2D eigenvalue weighted by Crippen LogP contribution is -2.43. The highest BCUT2D eigenvalue weighted by Crippen LogP contribution is 2.02. The van der Waals surface area contributed by atoms with Crippen LogP contribution < -0.4 is 5.11 Å². The second kappa shape index (κ2) is 17.3. The van der Waals surface area contributed by atoms with Gasteiger partial charge in [-0.1, -0.05) is 51.0 Å². The van der Waals surface area contributed by atoms with Gasteiger partial charge in [0.25, 0.3) is 0 Å². The number of aliphatic hydroxyl groups excluding tert-OH is 2. The van der Waals surface area contributed by atoms with E-state index in [-0.39, 0.29) is 12.5 Å². The number of carbonyl (C=O) groups is 1. The third kappa shape index (κ3) is 25.1. The van der Waals surface area contributed by atoms with Crippen LogP contribution in [0.15, 0.2) is 24.3 Å². The predicted octanol–water partition coefficient (Wildman–Crippen LogP) is 2.42. The molecule has 0 aromatic heterocycles. The Balaban J connectivity index is 0. The molecular formula is C21H41NO4. The zero-order valence-electron chi connectivity index (χ0n) is 17.5. The van der Waals surface area contributed by atoms with Crippen molar-refractivity contribution in [1.82, 2.24) is 0 Å². The minimum atomic E-state index is -1.20. The van der Waals surface area contributed by atoms with Crippen LogP contribution in [0.1, 0.15) is 65.2 Å². The highest BCUT2D eigenvalue weighted by molar-refractivity contribution is 5.64. The minimum Gasteiger partial charge on any atom is -0.550 e. The number of carboxylic acids is 1. The number of likely N-dealkylation sites (N-methyl/N-ethyl adjacent to an activating group) is 1. The SMILES string of the molecule is CCCCCC=CCC=CCC(O)CC.C[N+](C)(C)CC(O)CC(=O)[O-]. The Bertz CT molecular complexity index is 386. The first-order valence-electron chi connectivity index (χ1n) is 9.78. The molecule has 0 aliphatic rings. The fourth-order valence-electron chi connectivity index (χ4n) is 2.21. The highest BCUT2D eigenvalue weighted by atomic mass is 16.4. The molecule has 154 valence electrons. The number of rotatable bonds is 13. The van der Waals surface area contributed by atoms with Gasteiger partial charge in [0, 0.05) is 12.4 Å². The number of aliphatic carboxylic acids is 1. The number of hydrogen-bond acceptors (Lipinski definition) is 4. The van der Waals surface area contributed by atoms with Crippen molar-refractivity contribution in [3.8, 4) is 0 Å². The van der Waals surface area contributed by atoms with Crippen LogP contribution in [0.5, 0.6) is 0 Å². The summed E-state index contributed by atoms with van der Waals surface area (Å²) in [6.45, 7) is 4.66. The first-order chi connectivity index (χ1) is 12.1. The molecule has 0 amide bonds. The standard InChI is InChI=1S/C14H26O.C7H15NO3/c1-3-5-6-7-8-9-10-11-12-13-14(15)4-2;1-8(2,3)5-6(9)4-7(10)11/h8-9,11-12,14-15H,3-7,10,13H2,1-2H3;6,9H,4-5H2,1-3H3. The first-order valence-corrected chi connectivity index (χ1v) is 9.78. The summed E-state index contributed by atoms with van der Waals surface area (Å²) in [6, 6.07) is 0. The van der Waals surface area contributed by atoms with E-state index >= 15 is 0 Å². The summed E-state index contributed by atoms with van der Waals surface area (Å²) in [5, 5.41) is 28.4. The Morgan fingerprint density at radius 2 is 1.62 bits per heavy atom. The third-order valence-corrected chi connectivity index (χ3v) is 3.62. The van der Waals surface area contributed by atoms with Gasteiger partial charge in [-0.2, -0.15) is 0 Å². The zero-order chi connectivity index (χ0) is 20.4. The van der Waals surface area contributed by atoms with Gasteiger partial charge in [-0.05, 0) is 32.1 Å². The topological polar surface area (TPSA) is 80.6 Å². The average Bonchev–Trinajstić information content (AvgIpc) is 2.51. The van der Waals surface area contributed by atoms with Crippen LogP contribution in [0.25, 0.3) is 0 Å². The number of quaternary nitrogens is 1. The monoisotopic (exact) mass is 371 g/mol. The Morgan fingerprint density at radius 3 is 2.12 bits per heavy atom. The maximum Gasteiger partial charge on any atom is 0.108 e. The lowest BCUT2D eigenvalue weighted by atomic mass is 10.1. The van der Waals surface area contributed by atoms with E-state index < -0.39 is 12.1 Å². The Kier molecular flexibility index (Phi) is 18.0. The molecule has 0 radical (unpaired) electrons. The van der Waals surface area contributed by atoms with Gasteiger partial charge in [-0.25, -0.2) is 0 Å². The molecule has 5 heteroatoms. The molecular weight excluding hydrogens is 330 g/mol. The van der Waals surface area contributed by atoms with E-state index in [0.29, 0.717) is 11.0 Å². The van der Waals surface area contributed by atoms with Gasteiger partial charge in [-0.3, -0.25) is 0 Å². The van der Waals surface area contributed by atoms with Crippen LogP contribution in [0, 0.1) is 0 Å². The molecule has 0 aromatic rings. The van der Waals surface area contributed by atoms with Crippen LogP contribution in [-0.2, 0) is 4.79 Å². The number of nitrogens with zero attached hydrogens (tertiary/aromatic N) is 1. The van der Waals surface area contributed by atoms with Gasteiger partial charge < -0.3 is 24.6 Å². The molecule has 5 nitrogen and oxygen atoms in total. The molecule has 0 spiro atoms. The maximum absolute atomic E-state index is 10.0. The molecule has 0 aromatic carbocycles. The van der Waals surface area contributed by atoms with Crippen molar-refractivity contribution in [3.05, 3.63) is 24.3 Å². The summed E-state index contributed by atoms with van der Waals surface area (Å²) in [5.41, 5.74) is 0. The number of hydrogen-bond donors (Lipinski definition) is 2. The van der Waals surface area contributed by atoms with Crippen molar-refractivity contribution in [2.24, 2.45) is 0 Å². The van der Waals surface area contributed by atoms with E-state index in [1.54, 1.807) is 0 Å². The predicted molar refractivity (Wildman–Crippen MR) is 106 cm³/mol. The van der Waals surface area contributed by atoms with Gasteiger partial charge in [-0.15, -0.1) is 0 Å². The lowest BCUT2D eigenvalue weighted by Gasteiger charge is -2.26. The van der Waals surface area contributed by atoms with Crippen LogP contribution in [0.3, 0.4) is 0 Å². The Hall–Kier alpha value is -1.17. The van der Waals surface area contributed by atoms with E-state index in [1.807, 2.05) is 28.1 Å². The number of carbonyl (C=O) groups excluding carboxylic acids is 1. The second-order valence-electron chi connectivity index (χ2n) is 7.67. The highest BCUT2D eigenvalue weighted by Gasteiger charge is 2.14. The van der Waals surface area contributed by atoms with Crippen molar-refractivity contribution in [2.75, 3.05) is 27.7 Å². The lowest BCUT2D eigenvalue weighted by molar-refractivity contribution is -0.873. The number of carboxylic acid groups (broad SMARTS) is 1. The third-order valence-electron chi connectivity index (χ3n) is 3.62. The summed E-state index contributed by atoms with van der Waals surface area (Å²) in [5.74, 6) is -1.20.